The van der Waals surface area contributed by atoms with Crippen molar-refractivity contribution < 1.29 is 28.9 Å². The molecule has 0 aliphatic heterocycles. The molecule has 0 saturated heterocycles. The summed E-state index contributed by atoms with van der Waals surface area (Å²) in [4.78, 5) is 26.1. The van der Waals surface area contributed by atoms with Crippen molar-refractivity contribution in [3.63, 3.8) is 0 Å². The van der Waals surface area contributed by atoms with Crippen molar-refractivity contribution in [2.24, 2.45) is 0 Å². The number of carboxylic acid groups (broad SMARTS) is 1. The predicted octanol–water partition coefficient (Wildman–Crippen LogP) is 6.22. The lowest BCUT2D eigenvalue weighted by Gasteiger charge is -2.25. The van der Waals surface area contributed by atoms with Gasteiger partial charge in [-0.15, -0.1) is 0 Å². The molecule has 0 radical (unpaired) electrons. The second-order valence-electron chi connectivity index (χ2n) is 9.56. The normalized spacial score (nSPS) is 14.1. The zero-order valence-electron chi connectivity index (χ0n) is 22.4. The van der Waals surface area contributed by atoms with Gasteiger partial charge in [0.1, 0.15) is 18.1 Å². The zero-order chi connectivity index (χ0) is 28.0. The van der Waals surface area contributed by atoms with E-state index in [0.29, 0.717) is 54.5 Å². The van der Waals surface area contributed by atoms with Gasteiger partial charge in [0.15, 0.2) is 6.10 Å². The number of rotatable bonds is 16. The molecule has 1 aliphatic carbocycles. The number of amides is 2. The van der Waals surface area contributed by atoms with Gasteiger partial charge in [-0.1, -0.05) is 48.2 Å². The Labute approximate surface area is 240 Å². The van der Waals surface area contributed by atoms with Gasteiger partial charge in [0.25, 0.3) is 0 Å². The molecule has 8 nitrogen and oxygen atoms in total. The lowest BCUT2D eigenvalue weighted by Crippen LogP contribution is -2.46. The van der Waals surface area contributed by atoms with Gasteiger partial charge in [-0.3, -0.25) is 0 Å². The Hall–Kier alpha value is -2.68. The molecule has 1 saturated carbocycles. The summed E-state index contributed by atoms with van der Waals surface area (Å²) in [5.74, 6) is 0.305. The van der Waals surface area contributed by atoms with Crippen LogP contribution in [-0.4, -0.2) is 67.1 Å². The molecule has 0 aromatic heterocycles. The summed E-state index contributed by atoms with van der Waals surface area (Å²) >= 11 is 12.1. The second-order valence-corrected chi connectivity index (χ2v) is 10.4. The van der Waals surface area contributed by atoms with E-state index in [9.17, 15) is 14.7 Å². The lowest BCUT2D eigenvalue weighted by atomic mass is 10.1. The highest BCUT2D eigenvalue weighted by Crippen LogP contribution is 2.24. The number of carboxylic acids is 1. The van der Waals surface area contributed by atoms with Crippen LogP contribution in [0, 0.1) is 0 Å². The molecule has 2 amide bonds. The Morgan fingerprint density at radius 1 is 0.974 bits per heavy atom. The number of unbranched alkanes of at least 4 members (excludes halogenated alkanes) is 1. The molecule has 0 heterocycles. The second kappa shape index (κ2) is 16.4. The Morgan fingerprint density at radius 2 is 1.64 bits per heavy atom. The number of carbonyl (C=O) groups is 2. The topological polar surface area (TPSA) is 97.3 Å². The summed E-state index contributed by atoms with van der Waals surface area (Å²) in [6.45, 7) is 3.96. The first-order valence-electron chi connectivity index (χ1n) is 13.5. The van der Waals surface area contributed by atoms with E-state index in [1.165, 1.54) is 0 Å². The first-order chi connectivity index (χ1) is 18.8. The number of halogens is 2. The third kappa shape index (κ3) is 11.1. The molecular weight excluding hydrogens is 543 g/mol. The number of ether oxygens (including phenoxy) is 3. The summed E-state index contributed by atoms with van der Waals surface area (Å²) < 4.78 is 16.9. The fraction of sp³-hybridized carbons (Fsp3) is 0.517. The molecule has 39 heavy (non-hydrogen) atoms. The Morgan fingerprint density at radius 3 is 2.28 bits per heavy atom. The number of urea groups is 1. The highest BCUT2D eigenvalue weighted by molar-refractivity contribution is 6.34. The van der Waals surface area contributed by atoms with E-state index >= 15 is 0 Å². The third-order valence-corrected chi connectivity index (χ3v) is 6.95. The quantitative estimate of drug-likeness (QED) is 0.229. The van der Waals surface area contributed by atoms with E-state index in [0.717, 1.165) is 44.1 Å². The summed E-state index contributed by atoms with van der Waals surface area (Å²) in [5, 5.41) is 13.5. The molecule has 0 spiro atoms. The number of hydrogen-bond acceptors (Lipinski definition) is 5. The molecular formula is C29H38Cl2N2O6. The molecule has 2 aromatic rings. The van der Waals surface area contributed by atoms with E-state index in [4.69, 9.17) is 37.4 Å². The van der Waals surface area contributed by atoms with Gasteiger partial charge in [0.05, 0.1) is 13.2 Å². The predicted molar refractivity (Wildman–Crippen MR) is 152 cm³/mol. The van der Waals surface area contributed by atoms with Crippen LogP contribution in [0.3, 0.4) is 0 Å². The van der Waals surface area contributed by atoms with E-state index < -0.39 is 12.1 Å². The lowest BCUT2D eigenvalue weighted by molar-refractivity contribution is -0.149. The minimum absolute atomic E-state index is 0.0703. The van der Waals surface area contributed by atoms with Crippen molar-refractivity contribution in [3.8, 4) is 11.5 Å². The zero-order valence-corrected chi connectivity index (χ0v) is 23.9. The molecule has 2 aromatic carbocycles. The average Bonchev–Trinajstić information content (AvgIpc) is 3.40. The summed E-state index contributed by atoms with van der Waals surface area (Å²) in [5.41, 5.74) is 0.850. The maximum atomic E-state index is 13.0. The maximum Gasteiger partial charge on any atom is 0.333 e. The van der Waals surface area contributed by atoms with Crippen molar-refractivity contribution in [2.45, 2.75) is 64.0 Å². The maximum absolute atomic E-state index is 13.0. The van der Waals surface area contributed by atoms with Gasteiger partial charge >= 0.3 is 12.0 Å². The number of hydrogen-bond donors (Lipinski definition) is 2. The monoisotopic (exact) mass is 580 g/mol. The van der Waals surface area contributed by atoms with Crippen molar-refractivity contribution in [3.05, 3.63) is 58.1 Å². The van der Waals surface area contributed by atoms with Crippen LogP contribution < -0.4 is 14.8 Å². The molecule has 3 rings (SSSR count). The molecule has 1 atom stereocenters. The molecule has 1 aliphatic rings. The van der Waals surface area contributed by atoms with E-state index in [-0.39, 0.29) is 18.5 Å². The highest BCUT2D eigenvalue weighted by atomic mass is 35.5. The van der Waals surface area contributed by atoms with Crippen LogP contribution in [0.2, 0.25) is 10.0 Å². The van der Waals surface area contributed by atoms with Crippen LogP contribution in [-0.2, 0) is 16.0 Å². The van der Waals surface area contributed by atoms with Crippen molar-refractivity contribution in [1.82, 2.24) is 10.2 Å². The Balaban J connectivity index is 1.46. The van der Waals surface area contributed by atoms with Crippen LogP contribution in [0.15, 0.2) is 42.5 Å². The van der Waals surface area contributed by atoms with Gasteiger partial charge in [0, 0.05) is 35.7 Å². The minimum atomic E-state index is -0.978. The minimum Gasteiger partial charge on any atom is -0.493 e. The Bertz CT molecular complexity index is 1030. The van der Waals surface area contributed by atoms with E-state index in [1.54, 1.807) is 30.0 Å². The Kier molecular flexibility index (Phi) is 13.0. The van der Waals surface area contributed by atoms with E-state index in [2.05, 4.69) is 5.32 Å². The van der Waals surface area contributed by atoms with Gasteiger partial charge in [0.2, 0.25) is 0 Å². The van der Waals surface area contributed by atoms with Crippen LogP contribution in [0.4, 0.5) is 4.79 Å². The fourth-order valence-electron chi connectivity index (χ4n) is 4.49. The van der Waals surface area contributed by atoms with Gasteiger partial charge < -0.3 is 29.5 Å². The van der Waals surface area contributed by atoms with Gasteiger partial charge in [-0.25, -0.2) is 9.59 Å². The first-order valence-corrected chi connectivity index (χ1v) is 14.3. The summed E-state index contributed by atoms with van der Waals surface area (Å²) in [7, 11) is 0. The molecule has 10 heteroatoms. The van der Waals surface area contributed by atoms with Crippen molar-refractivity contribution in [1.29, 1.82) is 0 Å². The number of nitrogens with one attached hydrogen (secondary N) is 1. The number of nitrogens with zero attached hydrogens (tertiary/aromatic N) is 1. The first kappa shape index (κ1) is 30.9. The van der Waals surface area contributed by atoms with Gasteiger partial charge in [-0.05, 0) is 68.5 Å². The highest BCUT2D eigenvalue weighted by Gasteiger charge is 2.21. The largest absolute Gasteiger partial charge is 0.493 e. The van der Waals surface area contributed by atoms with Gasteiger partial charge in [-0.2, -0.15) is 0 Å². The van der Waals surface area contributed by atoms with Crippen LogP contribution in [0.25, 0.3) is 0 Å². The molecule has 214 valence electrons. The molecule has 0 bridgehead atoms. The number of carbonyl (C=O) groups excluding carboxylic acids is 1. The molecule has 2 N–H and O–H groups in total. The van der Waals surface area contributed by atoms with Crippen LogP contribution in [0.1, 0.15) is 51.0 Å². The SMILES string of the molecule is CCOC(Cc1ccc(OCCN(CCCCOc2cc(Cl)cc(Cl)c2)C(=O)NC2CCCC2)cc1)C(=O)O. The number of benzene rings is 2. The average molecular weight is 582 g/mol. The van der Waals surface area contributed by atoms with Crippen LogP contribution in [0.5, 0.6) is 11.5 Å². The van der Waals surface area contributed by atoms with Crippen molar-refractivity contribution in [2.75, 3.05) is 32.9 Å². The fourth-order valence-corrected chi connectivity index (χ4v) is 4.99. The third-order valence-electron chi connectivity index (χ3n) is 6.51. The summed E-state index contributed by atoms with van der Waals surface area (Å²) in [6, 6.07) is 12.6. The smallest absolute Gasteiger partial charge is 0.333 e. The number of aliphatic carboxylic acids is 1. The van der Waals surface area contributed by atoms with E-state index in [1.807, 2.05) is 24.3 Å². The van der Waals surface area contributed by atoms with Crippen LogP contribution >= 0.6 is 23.2 Å². The summed E-state index contributed by atoms with van der Waals surface area (Å²) in [6.07, 6.45) is 5.27. The standard InChI is InChI=1S/C29H38Cl2N2O6/c1-2-37-27(28(34)35)17-21-9-11-25(12-10-21)39-16-14-33(29(36)32-24-7-3-4-8-24)13-5-6-15-38-26-19-22(30)18-23(31)20-26/h9-12,18-20,24,27H,2-8,13-17H2,1H3,(H,32,36)(H,34,35). The van der Waals surface area contributed by atoms with Crippen molar-refractivity contribution >= 4 is 35.2 Å². The molecule has 1 unspecified atom stereocenters. The molecule has 1 fully saturated rings.